The van der Waals surface area contributed by atoms with Crippen molar-refractivity contribution in [2.24, 2.45) is 0 Å². The van der Waals surface area contributed by atoms with E-state index < -0.39 is 0 Å². The molecule has 0 saturated heterocycles. The van der Waals surface area contributed by atoms with E-state index >= 15 is 0 Å². The third-order valence-electron chi connectivity index (χ3n) is 2.05. The van der Waals surface area contributed by atoms with E-state index in [1.54, 1.807) is 24.4 Å². The summed E-state index contributed by atoms with van der Waals surface area (Å²) in [5, 5.41) is 15.9. The molecule has 0 amide bonds. The normalized spacial score (nSPS) is 10.3. The molecule has 1 rings (SSSR count). The molecule has 0 heterocycles. The van der Waals surface area contributed by atoms with Crippen LogP contribution in [0.25, 0.3) is 0 Å². The highest BCUT2D eigenvalue weighted by molar-refractivity contribution is 7.80. The van der Waals surface area contributed by atoms with Crippen LogP contribution in [0.4, 0.5) is 0 Å². The molecule has 0 aliphatic carbocycles. The van der Waals surface area contributed by atoms with Crippen LogP contribution in [0, 0.1) is 0 Å². The van der Waals surface area contributed by atoms with Gasteiger partial charge in [0.1, 0.15) is 0 Å². The van der Waals surface area contributed by atoms with E-state index in [0.717, 1.165) is 12.1 Å². The number of rotatable bonds is 5. The molecule has 0 aromatic heterocycles. The SMILES string of the molecule is CCNC(=S)N/[NH+]=C/c1ccc(O)c(OCC)c1. The Kier molecular flexibility index (Phi) is 5.93. The molecule has 0 radical (unpaired) electrons. The van der Waals surface area contributed by atoms with Gasteiger partial charge in [-0.2, -0.15) is 0 Å². The second kappa shape index (κ2) is 7.50. The summed E-state index contributed by atoms with van der Waals surface area (Å²) in [7, 11) is 0. The molecular formula is C12H18N3O2S+. The van der Waals surface area contributed by atoms with Crippen molar-refractivity contribution in [2.45, 2.75) is 13.8 Å². The first-order chi connectivity index (χ1) is 8.67. The van der Waals surface area contributed by atoms with Gasteiger partial charge in [-0.25, -0.2) is 0 Å². The van der Waals surface area contributed by atoms with Crippen molar-refractivity contribution in [1.82, 2.24) is 10.7 Å². The van der Waals surface area contributed by atoms with Crippen LogP contribution in [0.15, 0.2) is 18.2 Å². The van der Waals surface area contributed by atoms with Crippen LogP contribution in [-0.2, 0) is 0 Å². The summed E-state index contributed by atoms with van der Waals surface area (Å²) in [6.45, 7) is 5.10. The summed E-state index contributed by atoms with van der Waals surface area (Å²) in [5.41, 5.74) is 3.67. The van der Waals surface area contributed by atoms with Crippen LogP contribution in [0.2, 0.25) is 0 Å². The van der Waals surface area contributed by atoms with E-state index in [4.69, 9.17) is 17.0 Å². The van der Waals surface area contributed by atoms with Crippen molar-refractivity contribution in [1.29, 1.82) is 0 Å². The fourth-order valence-corrected chi connectivity index (χ4v) is 1.48. The summed E-state index contributed by atoms with van der Waals surface area (Å²) in [5.74, 6) is 0.590. The lowest BCUT2D eigenvalue weighted by Gasteiger charge is -2.05. The number of hydrazine groups is 1. The van der Waals surface area contributed by atoms with Crippen LogP contribution >= 0.6 is 12.2 Å². The summed E-state index contributed by atoms with van der Waals surface area (Å²) < 4.78 is 5.29. The molecule has 0 fully saturated rings. The quantitative estimate of drug-likeness (QED) is 0.335. The summed E-state index contributed by atoms with van der Waals surface area (Å²) in [4.78, 5) is 0. The highest BCUT2D eigenvalue weighted by Crippen LogP contribution is 2.25. The molecule has 0 bridgehead atoms. The van der Waals surface area contributed by atoms with Gasteiger partial charge in [0.25, 0.3) is 0 Å². The molecule has 98 valence electrons. The van der Waals surface area contributed by atoms with E-state index in [9.17, 15) is 5.11 Å². The fraction of sp³-hybridized carbons (Fsp3) is 0.333. The highest BCUT2D eigenvalue weighted by atomic mass is 32.1. The Morgan fingerprint density at radius 3 is 2.94 bits per heavy atom. The maximum atomic E-state index is 9.54. The van der Waals surface area contributed by atoms with Gasteiger partial charge in [0.15, 0.2) is 17.7 Å². The van der Waals surface area contributed by atoms with E-state index in [2.05, 4.69) is 15.8 Å². The Morgan fingerprint density at radius 2 is 2.28 bits per heavy atom. The molecule has 0 unspecified atom stereocenters. The topological polar surface area (TPSA) is 67.5 Å². The molecule has 4 N–H and O–H groups in total. The third-order valence-corrected chi connectivity index (χ3v) is 2.29. The number of benzene rings is 1. The number of thiocarbonyl (C=S) groups is 1. The number of phenols is 1. The van der Waals surface area contributed by atoms with Gasteiger partial charge in [-0.1, -0.05) is 0 Å². The summed E-state index contributed by atoms with van der Waals surface area (Å²) in [6.07, 6.45) is 1.73. The Labute approximate surface area is 112 Å². The zero-order chi connectivity index (χ0) is 13.4. The van der Waals surface area contributed by atoms with Gasteiger partial charge < -0.3 is 15.2 Å². The summed E-state index contributed by atoms with van der Waals surface area (Å²) >= 11 is 4.99. The number of ether oxygens (including phenoxy) is 1. The lowest BCUT2D eigenvalue weighted by atomic mass is 10.2. The lowest BCUT2D eigenvalue weighted by Crippen LogP contribution is -2.82. The second-order valence-electron chi connectivity index (χ2n) is 3.43. The second-order valence-corrected chi connectivity index (χ2v) is 3.84. The monoisotopic (exact) mass is 268 g/mol. The Balaban J connectivity index is 2.64. The first kappa shape index (κ1) is 14.2. The van der Waals surface area contributed by atoms with Crippen molar-refractivity contribution in [3.63, 3.8) is 0 Å². The van der Waals surface area contributed by atoms with Crippen LogP contribution in [-0.4, -0.2) is 29.6 Å². The number of phenolic OH excluding ortho intramolecular Hbond substituents is 1. The molecule has 6 heteroatoms. The van der Waals surface area contributed by atoms with Gasteiger partial charge in [-0.15, -0.1) is 10.5 Å². The van der Waals surface area contributed by atoms with E-state index in [0.29, 0.717) is 17.5 Å². The largest absolute Gasteiger partial charge is 0.504 e. The minimum atomic E-state index is 0.130. The van der Waals surface area contributed by atoms with Gasteiger partial charge >= 0.3 is 0 Å². The highest BCUT2D eigenvalue weighted by Gasteiger charge is 2.03. The van der Waals surface area contributed by atoms with Gasteiger partial charge in [-0.05, 0) is 44.3 Å². The number of hydrogen-bond donors (Lipinski definition) is 4. The maximum absolute atomic E-state index is 9.54. The fourth-order valence-electron chi connectivity index (χ4n) is 1.28. The molecule has 0 atom stereocenters. The standard InChI is InChI=1S/C12H17N3O2S/c1-3-13-12(18)15-14-8-9-5-6-10(16)11(7-9)17-4-2/h5-8,16H,3-4H2,1-2H3,(H2,13,15,18)/p+1/b14-8+. The minimum Gasteiger partial charge on any atom is -0.504 e. The van der Waals surface area contributed by atoms with Crippen molar-refractivity contribution >= 4 is 23.5 Å². The van der Waals surface area contributed by atoms with Gasteiger partial charge in [0, 0.05) is 12.1 Å². The third kappa shape index (κ3) is 4.58. The Morgan fingerprint density at radius 1 is 1.50 bits per heavy atom. The smallest absolute Gasteiger partial charge is 0.223 e. The van der Waals surface area contributed by atoms with Crippen molar-refractivity contribution in [3.05, 3.63) is 23.8 Å². The van der Waals surface area contributed by atoms with Crippen molar-refractivity contribution < 1.29 is 14.9 Å². The average molecular weight is 268 g/mol. The number of aromatic hydroxyl groups is 1. The number of hydrazone groups is 1. The lowest BCUT2D eigenvalue weighted by molar-refractivity contribution is -0.500. The molecule has 18 heavy (non-hydrogen) atoms. The minimum absolute atomic E-state index is 0.130. The Bertz CT molecular complexity index is 435. The zero-order valence-corrected chi connectivity index (χ0v) is 11.3. The van der Waals surface area contributed by atoms with Crippen molar-refractivity contribution in [3.8, 4) is 11.5 Å². The molecule has 0 saturated carbocycles. The first-order valence-electron chi connectivity index (χ1n) is 5.75. The predicted octanol–water partition coefficient (Wildman–Crippen LogP) is -0.311. The van der Waals surface area contributed by atoms with Gasteiger partial charge in [0.2, 0.25) is 5.11 Å². The average Bonchev–Trinajstić information content (AvgIpc) is 2.34. The first-order valence-corrected chi connectivity index (χ1v) is 6.16. The van der Waals surface area contributed by atoms with Crippen LogP contribution in [0.5, 0.6) is 11.5 Å². The molecular weight excluding hydrogens is 250 g/mol. The maximum Gasteiger partial charge on any atom is 0.223 e. The molecule has 0 aliphatic rings. The van der Waals surface area contributed by atoms with Gasteiger partial charge in [-0.3, -0.25) is 0 Å². The predicted molar refractivity (Wildman–Crippen MR) is 74.8 cm³/mol. The van der Waals surface area contributed by atoms with Crippen LogP contribution < -0.4 is 20.6 Å². The van der Waals surface area contributed by atoms with E-state index in [1.807, 2.05) is 13.8 Å². The molecule has 0 aliphatic heterocycles. The van der Waals surface area contributed by atoms with Crippen molar-refractivity contribution in [2.75, 3.05) is 13.2 Å². The number of nitrogens with one attached hydrogen (secondary N) is 3. The molecule has 5 nitrogen and oxygen atoms in total. The molecule has 1 aromatic rings. The number of hydrogen-bond acceptors (Lipinski definition) is 3. The van der Waals surface area contributed by atoms with Crippen LogP contribution in [0.1, 0.15) is 19.4 Å². The van der Waals surface area contributed by atoms with E-state index in [-0.39, 0.29) is 5.75 Å². The summed E-state index contributed by atoms with van der Waals surface area (Å²) in [6, 6.07) is 5.09. The molecule has 0 spiro atoms. The molecule has 1 aromatic carbocycles. The zero-order valence-electron chi connectivity index (χ0n) is 10.5. The van der Waals surface area contributed by atoms with Crippen LogP contribution in [0.3, 0.4) is 0 Å². The Hall–Kier alpha value is -1.82. The van der Waals surface area contributed by atoms with Gasteiger partial charge in [0.05, 0.1) is 6.61 Å². The van der Waals surface area contributed by atoms with E-state index in [1.165, 1.54) is 0 Å².